The molecule has 0 radical (unpaired) electrons. The molecule has 1 atom stereocenters. The Morgan fingerprint density at radius 1 is 1.38 bits per heavy atom. The highest BCUT2D eigenvalue weighted by molar-refractivity contribution is 8.02. The average Bonchev–Trinajstić information content (AvgIpc) is 3.11. The van der Waals surface area contributed by atoms with E-state index in [2.05, 4.69) is 10.3 Å². The van der Waals surface area contributed by atoms with Gasteiger partial charge in [-0.05, 0) is 25.5 Å². The van der Waals surface area contributed by atoms with Crippen molar-refractivity contribution in [3.05, 3.63) is 34.7 Å². The molecule has 1 fully saturated rings. The summed E-state index contributed by atoms with van der Waals surface area (Å²) in [5.41, 5.74) is 2.69. The maximum atomic E-state index is 12.0. The Kier molecular flexibility index (Phi) is 5.27. The number of benzene rings is 1. The summed E-state index contributed by atoms with van der Waals surface area (Å²) in [5, 5.41) is 5.91. The van der Waals surface area contributed by atoms with Gasteiger partial charge in [0.2, 0.25) is 5.91 Å². The van der Waals surface area contributed by atoms with Crippen molar-refractivity contribution in [3.8, 4) is 11.3 Å². The largest absolute Gasteiger partial charge is 0.325 e. The molecule has 1 aromatic carbocycles. The first-order valence-corrected chi connectivity index (χ1v) is 11.3. The molecule has 0 unspecified atom stereocenters. The number of nitrogens with zero attached hydrogens (tertiary/aromatic N) is 1. The van der Waals surface area contributed by atoms with Gasteiger partial charge in [0, 0.05) is 21.9 Å². The van der Waals surface area contributed by atoms with Crippen molar-refractivity contribution in [2.24, 2.45) is 0 Å². The van der Waals surface area contributed by atoms with Gasteiger partial charge in [-0.2, -0.15) is 0 Å². The van der Waals surface area contributed by atoms with Crippen LogP contribution in [0.1, 0.15) is 11.4 Å². The Hall–Kier alpha value is -1.38. The second-order valence-electron chi connectivity index (χ2n) is 5.71. The van der Waals surface area contributed by atoms with Crippen LogP contribution in [0.2, 0.25) is 0 Å². The maximum absolute atomic E-state index is 12.0. The Labute approximate surface area is 149 Å². The van der Waals surface area contributed by atoms with Gasteiger partial charge in [0.25, 0.3) is 0 Å². The van der Waals surface area contributed by atoms with Gasteiger partial charge >= 0.3 is 0 Å². The normalized spacial score (nSPS) is 19.3. The molecule has 128 valence electrons. The van der Waals surface area contributed by atoms with E-state index < -0.39 is 9.84 Å². The van der Waals surface area contributed by atoms with E-state index in [1.54, 1.807) is 11.3 Å². The van der Waals surface area contributed by atoms with E-state index in [0.29, 0.717) is 6.42 Å². The third-order valence-electron chi connectivity index (χ3n) is 3.72. The highest BCUT2D eigenvalue weighted by Crippen LogP contribution is 2.25. The van der Waals surface area contributed by atoms with Crippen LogP contribution in [-0.2, 0) is 14.6 Å². The maximum Gasteiger partial charge on any atom is 0.234 e. The Balaban J connectivity index is 1.51. The smallest absolute Gasteiger partial charge is 0.234 e. The van der Waals surface area contributed by atoms with Gasteiger partial charge in [-0.15, -0.1) is 23.1 Å². The van der Waals surface area contributed by atoms with Gasteiger partial charge in [0.15, 0.2) is 9.84 Å². The van der Waals surface area contributed by atoms with Crippen LogP contribution in [-0.4, -0.2) is 41.8 Å². The highest BCUT2D eigenvalue weighted by Gasteiger charge is 2.28. The number of anilines is 1. The molecule has 1 aromatic heterocycles. The number of aromatic nitrogens is 1. The fourth-order valence-electron chi connectivity index (χ4n) is 2.50. The van der Waals surface area contributed by atoms with E-state index >= 15 is 0 Å². The number of rotatable bonds is 5. The summed E-state index contributed by atoms with van der Waals surface area (Å²) < 4.78 is 22.8. The van der Waals surface area contributed by atoms with Gasteiger partial charge in [-0.25, -0.2) is 13.4 Å². The molecule has 24 heavy (non-hydrogen) atoms. The average molecular weight is 383 g/mol. The van der Waals surface area contributed by atoms with Crippen LogP contribution in [0.5, 0.6) is 0 Å². The lowest BCUT2D eigenvalue weighted by Crippen LogP contribution is -2.17. The summed E-state index contributed by atoms with van der Waals surface area (Å²) in [6.07, 6.45) is 0.641. The lowest BCUT2D eigenvalue weighted by molar-refractivity contribution is -0.113. The number of carbonyl (C=O) groups excluding carboxylic acids is 1. The molecule has 5 nitrogen and oxygen atoms in total. The molecule has 1 aliphatic rings. The molecule has 3 rings (SSSR count). The van der Waals surface area contributed by atoms with E-state index in [1.165, 1.54) is 11.8 Å². The van der Waals surface area contributed by atoms with Crippen molar-refractivity contribution in [1.82, 2.24) is 4.98 Å². The molecular weight excluding hydrogens is 364 g/mol. The molecule has 8 heteroatoms. The summed E-state index contributed by atoms with van der Waals surface area (Å²) >= 11 is 3.02. The minimum atomic E-state index is -2.89. The number of sulfone groups is 1. The molecule has 1 aliphatic heterocycles. The molecule has 0 spiro atoms. The van der Waals surface area contributed by atoms with Gasteiger partial charge in [0.05, 0.1) is 28.0 Å². The predicted octanol–water partition coefficient (Wildman–Crippen LogP) is 2.98. The molecule has 0 saturated carbocycles. The first kappa shape index (κ1) is 17.4. The van der Waals surface area contributed by atoms with Crippen LogP contribution >= 0.6 is 23.1 Å². The molecule has 1 N–H and O–H groups in total. The van der Waals surface area contributed by atoms with Crippen molar-refractivity contribution in [2.45, 2.75) is 18.6 Å². The highest BCUT2D eigenvalue weighted by atomic mass is 32.2. The lowest BCUT2D eigenvalue weighted by Gasteiger charge is -2.08. The number of hydrogen-bond donors (Lipinski definition) is 1. The van der Waals surface area contributed by atoms with Gasteiger partial charge in [-0.3, -0.25) is 4.79 Å². The summed E-state index contributed by atoms with van der Waals surface area (Å²) in [4.78, 5) is 16.4. The summed E-state index contributed by atoms with van der Waals surface area (Å²) in [7, 11) is -2.89. The molecule has 1 amide bonds. The van der Waals surface area contributed by atoms with Gasteiger partial charge in [0.1, 0.15) is 0 Å². The Morgan fingerprint density at radius 3 is 2.71 bits per heavy atom. The number of carbonyl (C=O) groups is 1. The zero-order chi connectivity index (χ0) is 17.2. The van der Waals surface area contributed by atoms with Crippen molar-refractivity contribution < 1.29 is 13.2 Å². The van der Waals surface area contributed by atoms with Crippen molar-refractivity contribution in [3.63, 3.8) is 0 Å². The van der Waals surface area contributed by atoms with E-state index in [1.807, 2.05) is 36.6 Å². The van der Waals surface area contributed by atoms with Crippen LogP contribution in [0, 0.1) is 6.92 Å². The Bertz CT molecular complexity index is 829. The van der Waals surface area contributed by atoms with Crippen LogP contribution in [0.25, 0.3) is 11.3 Å². The number of thiazole rings is 1. The van der Waals surface area contributed by atoms with Crippen molar-refractivity contribution >= 4 is 44.5 Å². The van der Waals surface area contributed by atoms with Crippen LogP contribution < -0.4 is 5.32 Å². The van der Waals surface area contributed by atoms with E-state index in [4.69, 9.17) is 0 Å². The molecule has 0 bridgehead atoms. The number of aryl methyl sites for hydroxylation is 1. The number of thioether (sulfide) groups is 1. The standard InChI is InChI=1S/C16H18N2O3S3/c1-11-17-15(8-22-11)12-2-4-13(5-3-12)18-16(19)9-23-14-6-7-24(20,21)10-14/h2-5,8,14H,6-7,9-10H2,1H3,(H,18,19)/t14-/m0/s1. The number of hydrogen-bond acceptors (Lipinski definition) is 6. The quantitative estimate of drug-likeness (QED) is 0.860. The zero-order valence-corrected chi connectivity index (χ0v) is 15.6. The monoisotopic (exact) mass is 382 g/mol. The van der Waals surface area contributed by atoms with Crippen LogP contribution in [0.4, 0.5) is 5.69 Å². The van der Waals surface area contributed by atoms with Crippen LogP contribution in [0.3, 0.4) is 0 Å². The molecule has 2 aromatic rings. The van der Waals surface area contributed by atoms with Crippen molar-refractivity contribution in [1.29, 1.82) is 0 Å². The minimum absolute atomic E-state index is 0.0380. The minimum Gasteiger partial charge on any atom is -0.325 e. The number of amides is 1. The fourth-order valence-corrected chi connectivity index (χ4v) is 6.57. The first-order chi connectivity index (χ1) is 11.4. The summed E-state index contributed by atoms with van der Waals surface area (Å²) in [5.74, 6) is 0.589. The van der Waals surface area contributed by atoms with Gasteiger partial charge in [-0.1, -0.05) is 12.1 Å². The van der Waals surface area contributed by atoms with Crippen LogP contribution in [0.15, 0.2) is 29.6 Å². The zero-order valence-electron chi connectivity index (χ0n) is 13.2. The van der Waals surface area contributed by atoms with E-state index in [-0.39, 0.29) is 28.4 Å². The van der Waals surface area contributed by atoms with Crippen molar-refractivity contribution in [2.75, 3.05) is 22.6 Å². The summed E-state index contributed by atoms with van der Waals surface area (Å²) in [6, 6.07) is 7.57. The lowest BCUT2D eigenvalue weighted by atomic mass is 10.1. The molecule has 1 saturated heterocycles. The molecular formula is C16H18N2O3S3. The van der Waals surface area contributed by atoms with Gasteiger partial charge < -0.3 is 5.32 Å². The second kappa shape index (κ2) is 7.25. The molecule has 0 aliphatic carbocycles. The fraction of sp³-hybridized carbons (Fsp3) is 0.375. The topological polar surface area (TPSA) is 76.1 Å². The number of nitrogens with one attached hydrogen (secondary N) is 1. The summed E-state index contributed by atoms with van der Waals surface area (Å²) in [6.45, 7) is 1.97. The Morgan fingerprint density at radius 2 is 2.12 bits per heavy atom. The van der Waals surface area contributed by atoms with E-state index in [9.17, 15) is 13.2 Å². The SMILES string of the molecule is Cc1nc(-c2ccc(NC(=O)CS[C@H]3CCS(=O)(=O)C3)cc2)cs1. The third kappa shape index (κ3) is 4.58. The second-order valence-corrected chi connectivity index (χ2v) is 10.3. The molecule has 2 heterocycles. The van der Waals surface area contributed by atoms with E-state index in [0.717, 1.165) is 22.0 Å². The first-order valence-electron chi connectivity index (χ1n) is 7.56. The third-order valence-corrected chi connectivity index (χ3v) is 7.78. The predicted molar refractivity (Wildman–Crippen MR) is 100 cm³/mol.